The Balaban J connectivity index is 0.00000261. The van der Waals surface area contributed by atoms with Crippen molar-refractivity contribution in [3.8, 4) is 11.4 Å². The molecular weight excluding hydrogens is 349 g/mol. The third-order valence-corrected chi connectivity index (χ3v) is 3.52. The van der Waals surface area contributed by atoms with Crippen molar-refractivity contribution in [1.29, 1.82) is 0 Å². The van der Waals surface area contributed by atoms with Crippen LogP contribution in [0.15, 0.2) is 53.1 Å². The molecule has 0 atom stereocenters. The fourth-order valence-corrected chi connectivity index (χ4v) is 2.21. The minimum absolute atomic E-state index is 0. The molecule has 2 aromatic carbocycles. The summed E-state index contributed by atoms with van der Waals surface area (Å²) in [5.41, 5.74) is 7.63. The topological polar surface area (TPSA) is 94.0 Å². The molecular formula is C17H15F3N4O2. The zero-order valence-corrected chi connectivity index (χ0v) is 13.2. The van der Waals surface area contributed by atoms with Gasteiger partial charge in [-0.25, -0.2) is 0 Å². The van der Waals surface area contributed by atoms with Gasteiger partial charge < -0.3 is 15.6 Å². The molecule has 1 heterocycles. The lowest BCUT2D eigenvalue weighted by atomic mass is 10.1. The normalized spacial score (nSPS) is 11.3. The predicted molar refractivity (Wildman–Crippen MR) is 89.1 cm³/mol. The van der Waals surface area contributed by atoms with E-state index in [4.69, 9.17) is 5.73 Å². The third-order valence-electron chi connectivity index (χ3n) is 3.52. The third kappa shape index (κ3) is 4.00. The zero-order valence-electron chi connectivity index (χ0n) is 13.2. The number of alkyl halides is 3. The predicted octanol–water partition coefficient (Wildman–Crippen LogP) is 3.71. The number of nitrogens with one attached hydrogen (secondary N) is 1. The highest BCUT2D eigenvalue weighted by molar-refractivity contribution is 5.93. The second-order valence-electron chi connectivity index (χ2n) is 5.42. The van der Waals surface area contributed by atoms with Crippen molar-refractivity contribution >= 4 is 11.6 Å². The van der Waals surface area contributed by atoms with Crippen LogP contribution in [0.25, 0.3) is 11.4 Å². The molecule has 136 valence electrons. The van der Waals surface area contributed by atoms with Gasteiger partial charge in [-0.1, -0.05) is 35.5 Å². The molecule has 0 saturated carbocycles. The number of benzene rings is 2. The molecule has 3 aromatic rings. The Morgan fingerprint density at radius 3 is 2.54 bits per heavy atom. The average Bonchev–Trinajstić information content (AvgIpc) is 3.11. The fourth-order valence-electron chi connectivity index (χ4n) is 2.21. The summed E-state index contributed by atoms with van der Waals surface area (Å²) in [5.74, 6) is -2.03. The zero-order chi connectivity index (χ0) is 18.7. The smallest absolute Gasteiger partial charge is 0.381 e. The van der Waals surface area contributed by atoms with Crippen molar-refractivity contribution in [3.05, 3.63) is 65.5 Å². The number of aromatic nitrogens is 2. The van der Waals surface area contributed by atoms with Gasteiger partial charge in [0.25, 0.3) is 0 Å². The Morgan fingerprint density at radius 2 is 1.92 bits per heavy atom. The first-order chi connectivity index (χ1) is 12.3. The van der Waals surface area contributed by atoms with E-state index in [2.05, 4.69) is 20.0 Å². The average molecular weight is 364 g/mol. The largest absolute Gasteiger partial charge is 0.471 e. The van der Waals surface area contributed by atoms with Gasteiger partial charge in [0.2, 0.25) is 11.7 Å². The van der Waals surface area contributed by atoms with Crippen LogP contribution < -0.4 is 11.1 Å². The number of carbonyl (C=O) groups is 1. The van der Waals surface area contributed by atoms with Crippen LogP contribution in [0, 0.1) is 0 Å². The molecule has 6 nitrogen and oxygen atoms in total. The minimum atomic E-state index is -4.67. The van der Waals surface area contributed by atoms with Crippen molar-refractivity contribution in [3.63, 3.8) is 0 Å². The quantitative estimate of drug-likeness (QED) is 0.720. The molecule has 3 rings (SSSR count). The number of amides is 1. The number of nitrogens with two attached hydrogens (primary N) is 1. The molecule has 0 unspecified atom stereocenters. The Kier molecular flexibility index (Phi) is 4.61. The van der Waals surface area contributed by atoms with Crippen molar-refractivity contribution < 1.29 is 23.9 Å². The van der Waals surface area contributed by atoms with E-state index in [1.165, 1.54) is 0 Å². The second-order valence-corrected chi connectivity index (χ2v) is 5.42. The van der Waals surface area contributed by atoms with Crippen LogP contribution in [0.5, 0.6) is 0 Å². The summed E-state index contributed by atoms with van der Waals surface area (Å²) >= 11 is 0. The van der Waals surface area contributed by atoms with Crippen LogP contribution in [0.4, 0.5) is 18.9 Å². The van der Waals surface area contributed by atoms with Crippen LogP contribution in [-0.4, -0.2) is 16.0 Å². The molecule has 0 saturated heterocycles. The Morgan fingerprint density at radius 1 is 1.19 bits per heavy atom. The van der Waals surface area contributed by atoms with Gasteiger partial charge in [0.1, 0.15) is 0 Å². The van der Waals surface area contributed by atoms with Crippen LogP contribution in [0.1, 0.15) is 23.2 Å². The number of carbonyl (C=O) groups excluding carboxylic acids is 1. The van der Waals surface area contributed by atoms with Crippen LogP contribution in [0.2, 0.25) is 0 Å². The van der Waals surface area contributed by atoms with Gasteiger partial charge in [0.05, 0.1) is 0 Å². The Labute approximate surface area is 147 Å². The summed E-state index contributed by atoms with van der Waals surface area (Å²) in [7, 11) is 0. The summed E-state index contributed by atoms with van der Waals surface area (Å²) < 4.78 is 41.7. The molecule has 0 aliphatic carbocycles. The maximum atomic E-state index is 12.5. The van der Waals surface area contributed by atoms with Gasteiger partial charge in [0.15, 0.2) is 0 Å². The fraction of sp³-hybridized carbons (Fsp3) is 0.118. The first-order valence-corrected chi connectivity index (χ1v) is 7.47. The Hall–Kier alpha value is -3.36. The second kappa shape index (κ2) is 6.87. The molecule has 0 radical (unpaired) electrons. The summed E-state index contributed by atoms with van der Waals surface area (Å²) in [6.07, 6.45) is -4.67. The van der Waals surface area contributed by atoms with Crippen molar-refractivity contribution in [2.24, 2.45) is 5.73 Å². The lowest BCUT2D eigenvalue weighted by Crippen LogP contribution is -2.11. The first kappa shape index (κ1) is 17.5. The molecule has 26 heavy (non-hydrogen) atoms. The molecule has 9 heteroatoms. The summed E-state index contributed by atoms with van der Waals surface area (Å²) in [4.78, 5) is 14.5. The molecule has 1 aromatic heterocycles. The minimum Gasteiger partial charge on any atom is -0.381 e. The lowest BCUT2D eigenvalue weighted by molar-refractivity contribution is -0.159. The van der Waals surface area contributed by atoms with Gasteiger partial charge in [-0.05, 0) is 23.8 Å². The number of primary amides is 1. The summed E-state index contributed by atoms with van der Waals surface area (Å²) in [5, 5.41) is 6.47. The highest BCUT2D eigenvalue weighted by Gasteiger charge is 2.38. The van der Waals surface area contributed by atoms with Gasteiger partial charge in [-0.2, -0.15) is 18.2 Å². The van der Waals surface area contributed by atoms with E-state index in [0.29, 0.717) is 17.7 Å². The molecule has 0 aliphatic heterocycles. The number of nitrogens with zero attached hydrogens (tertiary/aromatic N) is 2. The van der Waals surface area contributed by atoms with E-state index in [1.54, 1.807) is 48.5 Å². The molecule has 1 amide bonds. The maximum Gasteiger partial charge on any atom is 0.471 e. The van der Waals surface area contributed by atoms with Crippen LogP contribution in [0.3, 0.4) is 0 Å². The van der Waals surface area contributed by atoms with Gasteiger partial charge >= 0.3 is 12.1 Å². The first-order valence-electron chi connectivity index (χ1n) is 7.47. The Bertz CT molecular complexity index is 926. The summed E-state index contributed by atoms with van der Waals surface area (Å²) in [6, 6.07) is 13.4. The summed E-state index contributed by atoms with van der Waals surface area (Å²) in [6.45, 7) is 0.447. The van der Waals surface area contributed by atoms with Crippen LogP contribution in [-0.2, 0) is 12.7 Å². The molecule has 0 aliphatic rings. The monoisotopic (exact) mass is 364 g/mol. The number of hydrogen-bond acceptors (Lipinski definition) is 5. The van der Waals surface area contributed by atoms with Crippen molar-refractivity contribution in [1.82, 2.24) is 10.1 Å². The van der Waals surface area contributed by atoms with Crippen molar-refractivity contribution in [2.75, 3.05) is 5.32 Å². The SMILES string of the molecule is NC(=O)c1cccc(NCc2ccc(-c3noc(C(F)(F)F)n3)cc2)c1.[HH]. The van der Waals surface area contributed by atoms with E-state index in [9.17, 15) is 18.0 Å². The molecule has 0 bridgehead atoms. The molecule has 0 spiro atoms. The van der Waals surface area contributed by atoms with E-state index in [0.717, 1.165) is 11.3 Å². The van der Waals surface area contributed by atoms with E-state index in [-0.39, 0.29) is 7.25 Å². The molecule has 3 N–H and O–H groups in total. The highest BCUT2D eigenvalue weighted by Crippen LogP contribution is 2.29. The van der Waals surface area contributed by atoms with Gasteiger partial charge in [-0.3, -0.25) is 4.79 Å². The number of anilines is 1. The number of halogens is 3. The number of hydrogen-bond donors (Lipinski definition) is 2. The lowest BCUT2D eigenvalue weighted by Gasteiger charge is -2.08. The van der Waals surface area contributed by atoms with Gasteiger partial charge in [-0.15, -0.1) is 0 Å². The van der Waals surface area contributed by atoms with Crippen molar-refractivity contribution in [2.45, 2.75) is 12.7 Å². The van der Waals surface area contributed by atoms with E-state index < -0.39 is 18.0 Å². The van der Waals surface area contributed by atoms with E-state index in [1.807, 2.05) is 0 Å². The standard InChI is InChI=1S/C17H13F3N4O2.H2/c18-17(19,20)16-23-15(24-26-16)11-6-4-10(5-7-11)9-22-13-3-1-2-12(8-13)14(21)25;/h1-8,22H,9H2,(H2,21,25);1H. The highest BCUT2D eigenvalue weighted by atomic mass is 19.4. The van der Waals surface area contributed by atoms with Gasteiger partial charge in [0, 0.05) is 24.8 Å². The number of rotatable bonds is 5. The maximum absolute atomic E-state index is 12.5. The van der Waals surface area contributed by atoms with E-state index >= 15 is 0 Å². The van der Waals surface area contributed by atoms with Crippen LogP contribution >= 0.6 is 0 Å². The molecule has 0 fully saturated rings.